The van der Waals surface area contributed by atoms with Crippen LogP contribution in [0.2, 0.25) is 0 Å². The maximum atomic E-state index is 13.8. The van der Waals surface area contributed by atoms with Gasteiger partial charge in [-0.1, -0.05) is 0 Å². The van der Waals surface area contributed by atoms with Crippen molar-refractivity contribution in [3.63, 3.8) is 0 Å². The molecule has 32 heavy (non-hydrogen) atoms. The van der Waals surface area contributed by atoms with E-state index in [1.807, 2.05) is 30.9 Å². The lowest BCUT2D eigenvalue weighted by molar-refractivity contribution is -0.128. The number of ketones is 1. The van der Waals surface area contributed by atoms with Crippen LogP contribution in [0.5, 0.6) is 11.5 Å². The van der Waals surface area contributed by atoms with E-state index in [1.54, 1.807) is 7.11 Å². The van der Waals surface area contributed by atoms with Gasteiger partial charge in [0.2, 0.25) is 0 Å². The van der Waals surface area contributed by atoms with Gasteiger partial charge in [0.05, 0.1) is 18.2 Å². The lowest BCUT2D eigenvalue weighted by Crippen LogP contribution is -2.42. The monoisotopic (exact) mass is 502 g/mol. The molecule has 1 aliphatic carbocycles. The maximum absolute atomic E-state index is 13.8. The largest absolute Gasteiger partial charge is 0.492 e. The zero-order valence-corrected chi connectivity index (χ0v) is 20.6. The van der Waals surface area contributed by atoms with Crippen LogP contribution in [0.1, 0.15) is 63.9 Å². The molecule has 1 aromatic carbocycles. The number of halogens is 1. The Morgan fingerprint density at radius 3 is 2.62 bits per heavy atom. The second-order valence-corrected chi connectivity index (χ2v) is 9.44. The van der Waals surface area contributed by atoms with Crippen LogP contribution < -0.4 is 14.8 Å². The van der Waals surface area contributed by atoms with E-state index in [-0.39, 0.29) is 11.7 Å². The highest BCUT2D eigenvalue weighted by molar-refractivity contribution is 9.10. The van der Waals surface area contributed by atoms with Gasteiger partial charge in [0, 0.05) is 48.0 Å². The van der Waals surface area contributed by atoms with E-state index in [4.69, 9.17) is 9.47 Å². The Kier molecular flexibility index (Phi) is 6.93. The molecule has 1 aromatic rings. The molecule has 0 aromatic heterocycles. The number of benzene rings is 1. The Hall–Kier alpha value is -2.28. The number of piperidine rings is 1. The minimum atomic E-state index is -0.421. The smallest absolute Gasteiger partial charge is 0.252 e. The van der Waals surface area contributed by atoms with Crippen LogP contribution in [0.25, 0.3) is 0 Å². The zero-order valence-electron chi connectivity index (χ0n) is 19.1. The third-order valence-corrected chi connectivity index (χ3v) is 7.11. The number of dihydropyridines is 1. The van der Waals surface area contributed by atoms with Crippen molar-refractivity contribution in [1.29, 1.82) is 0 Å². The topological polar surface area (TPSA) is 67.9 Å². The zero-order chi connectivity index (χ0) is 22.8. The van der Waals surface area contributed by atoms with Crippen molar-refractivity contribution in [3.05, 3.63) is 44.7 Å². The van der Waals surface area contributed by atoms with E-state index < -0.39 is 5.92 Å². The molecule has 172 valence electrons. The number of likely N-dealkylation sites (tertiary alicyclic amines) is 1. The number of carbonyl (C=O) groups excluding carboxylic acids is 2. The lowest BCUT2D eigenvalue weighted by atomic mass is 9.74. The summed E-state index contributed by atoms with van der Waals surface area (Å²) in [6.45, 7) is 5.89. The Bertz CT molecular complexity index is 992. The van der Waals surface area contributed by atoms with Crippen LogP contribution in [-0.2, 0) is 9.59 Å². The minimum Gasteiger partial charge on any atom is -0.492 e. The molecule has 0 spiro atoms. The lowest BCUT2D eigenvalue weighted by Gasteiger charge is -2.37. The van der Waals surface area contributed by atoms with Gasteiger partial charge in [0.15, 0.2) is 17.3 Å². The van der Waals surface area contributed by atoms with Crippen molar-refractivity contribution in [3.8, 4) is 11.5 Å². The van der Waals surface area contributed by atoms with Gasteiger partial charge in [-0.25, -0.2) is 0 Å². The molecule has 7 heteroatoms. The average molecular weight is 503 g/mol. The van der Waals surface area contributed by atoms with Crippen LogP contribution >= 0.6 is 15.9 Å². The first-order valence-corrected chi connectivity index (χ1v) is 12.3. The molecule has 2 heterocycles. The normalized spacial score (nSPS) is 21.3. The number of allylic oxidation sites excluding steroid dienone is 3. The highest BCUT2D eigenvalue weighted by atomic mass is 79.9. The number of nitrogens with zero attached hydrogens (tertiary/aromatic N) is 1. The van der Waals surface area contributed by atoms with Crippen molar-refractivity contribution in [2.75, 3.05) is 26.8 Å². The summed E-state index contributed by atoms with van der Waals surface area (Å²) in [6, 6.07) is 3.88. The number of rotatable bonds is 5. The number of methoxy groups -OCH3 is 1. The fourth-order valence-corrected chi connectivity index (χ4v) is 5.70. The molecule has 1 amide bonds. The first kappa shape index (κ1) is 22.9. The summed E-state index contributed by atoms with van der Waals surface area (Å²) in [5.41, 5.74) is 4.04. The molecule has 1 fully saturated rings. The standard InChI is InChI=1S/C25H31BrN2O4/c1-4-32-20-14-16(13-17(26)24(20)31-3)22-21(25(30)28-11-6-5-7-12-28)15(2)27-18-9-8-10-19(29)23(18)22/h13-14,22,27H,4-12H2,1-3H3/t22-/m0/s1. The summed E-state index contributed by atoms with van der Waals surface area (Å²) >= 11 is 3.61. The van der Waals surface area contributed by atoms with Crippen LogP contribution in [0.4, 0.5) is 0 Å². The summed E-state index contributed by atoms with van der Waals surface area (Å²) in [4.78, 5) is 28.9. The summed E-state index contributed by atoms with van der Waals surface area (Å²) < 4.78 is 12.1. The third kappa shape index (κ3) is 4.19. The van der Waals surface area contributed by atoms with Crippen LogP contribution in [-0.4, -0.2) is 43.4 Å². The second-order valence-electron chi connectivity index (χ2n) is 8.59. The van der Waals surface area contributed by atoms with Gasteiger partial charge >= 0.3 is 0 Å². The molecule has 0 unspecified atom stereocenters. The molecular weight excluding hydrogens is 472 g/mol. The molecule has 4 rings (SSSR count). The molecule has 0 bridgehead atoms. The average Bonchev–Trinajstić information content (AvgIpc) is 2.78. The molecule has 2 aliphatic heterocycles. The SMILES string of the molecule is CCOc1cc([C@H]2C(C(=O)N3CCCCC3)=C(C)NC3=C2C(=O)CCC3)cc(Br)c1OC. The number of nitrogens with one attached hydrogen (secondary N) is 1. The fraction of sp³-hybridized carbons (Fsp3) is 0.520. The van der Waals surface area contributed by atoms with Gasteiger partial charge in [-0.2, -0.15) is 0 Å². The summed E-state index contributed by atoms with van der Waals surface area (Å²) in [5, 5.41) is 3.42. The van der Waals surface area contributed by atoms with Gasteiger partial charge in [-0.3, -0.25) is 9.59 Å². The number of Topliss-reactive ketones (excluding diaryl/α,β-unsaturated/α-hetero) is 1. The van der Waals surface area contributed by atoms with Crippen LogP contribution in [0, 0.1) is 0 Å². The third-order valence-electron chi connectivity index (χ3n) is 6.52. The molecule has 1 atom stereocenters. The van der Waals surface area contributed by atoms with Gasteiger partial charge in [-0.15, -0.1) is 0 Å². The fourth-order valence-electron chi connectivity index (χ4n) is 5.08. The Morgan fingerprint density at radius 1 is 1.19 bits per heavy atom. The predicted molar refractivity (Wildman–Crippen MR) is 127 cm³/mol. The summed E-state index contributed by atoms with van der Waals surface area (Å²) in [5.74, 6) is 0.929. The molecular formula is C25H31BrN2O4. The summed E-state index contributed by atoms with van der Waals surface area (Å²) in [7, 11) is 1.60. The molecule has 1 N–H and O–H groups in total. The summed E-state index contributed by atoms with van der Waals surface area (Å²) in [6.07, 6.45) is 5.35. The van der Waals surface area contributed by atoms with Gasteiger partial charge in [0.25, 0.3) is 5.91 Å². The second kappa shape index (κ2) is 9.69. The van der Waals surface area contributed by atoms with E-state index in [9.17, 15) is 9.59 Å². The van der Waals surface area contributed by atoms with Crippen LogP contribution in [0.3, 0.4) is 0 Å². The van der Waals surface area contributed by atoms with E-state index in [2.05, 4.69) is 21.2 Å². The Morgan fingerprint density at radius 2 is 1.94 bits per heavy atom. The number of carbonyl (C=O) groups is 2. The first-order valence-electron chi connectivity index (χ1n) is 11.5. The van der Waals surface area contributed by atoms with Gasteiger partial charge < -0.3 is 19.7 Å². The highest BCUT2D eigenvalue weighted by Gasteiger charge is 2.40. The number of hydrogen-bond acceptors (Lipinski definition) is 5. The molecule has 3 aliphatic rings. The van der Waals surface area contributed by atoms with Gasteiger partial charge in [0.1, 0.15) is 0 Å². The van der Waals surface area contributed by atoms with E-state index in [0.717, 1.165) is 72.2 Å². The quantitative estimate of drug-likeness (QED) is 0.623. The minimum absolute atomic E-state index is 0.0227. The van der Waals surface area contributed by atoms with E-state index in [1.165, 1.54) is 0 Å². The maximum Gasteiger partial charge on any atom is 0.252 e. The predicted octanol–water partition coefficient (Wildman–Crippen LogP) is 4.84. The van der Waals surface area contributed by atoms with Crippen molar-refractivity contribution in [2.45, 2.75) is 58.3 Å². The Balaban J connectivity index is 1.87. The van der Waals surface area contributed by atoms with Crippen molar-refractivity contribution >= 4 is 27.6 Å². The number of hydrogen-bond donors (Lipinski definition) is 1. The van der Waals surface area contributed by atoms with Crippen molar-refractivity contribution in [1.82, 2.24) is 10.2 Å². The molecule has 1 saturated heterocycles. The number of amides is 1. The van der Waals surface area contributed by atoms with E-state index >= 15 is 0 Å². The Labute approximate surface area is 198 Å². The first-order chi connectivity index (χ1) is 15.5. The molecule has 6 nitrogen and oxygen atoms in total. The number of ether oxygens (including phenoxy) is 2. The van der Waals surface area contributed by atoms with Gasteiger partial charge in [-0.05, 0) is 79.6 Å². The van der Waals surface area contributed by atoms with Crippen LogP contribution in [0.15, 0.2) is 39.1 Å². The highest BCUT2D eigenvalue weighted by Crippen LogP contribution is 2.46. The molecule has 0 radical (unpaired) electrons. The van der Waals surface area contributed by atoms with Crippen molar-refractivity contribution in [2.24, 2.45) is 0 Å². The van der Waals surface area contributed by atoms with E-state index in [0.29, 0.717) is 30.1 Å². The molecule has 0 saturated carbocycles. The van der Waals surface area contributed by atoms with Crippen molar-refractivity contribution < 1.29 is 19.1 Å².